The average Bonchev–Trinajstić information content (AvgIpc) is 2.52. The summed E-state index contributed by atoms with van der Waals surface area (Å²) >= 11 is 0. The van der Waals surface area contributed by atoms with Crippen LogP contribution in [-0.2, 0) is 9.53 Å². The highest BCUT2D eigenvalue weighted by Gasteiger charge is 2.22. The second-order valence-electron chi connectivity index (χ2n) is 3.93. The van der Waals surface area contributed by atoms with E-state index >= 15 is 0 Å². The van der Waals surface area contributed by atoms with Crippen LogP contribution in [0.3, 0.4) is 0 Å². The predicted octanol–water partition coefficient (Wildman–Crippen LogP) is -4.04. The van der Waals surface area contributed by atoms with Crippen molar-refractivity contribution >= 4 is 5.97 Å². The zero-order chi connectivity index (χ0) is 18.1. The van der Waals surface area contributed by atoms with Crippen LogP contribution in [0.2, 0.25) is 0 Å². The maximum atomic E-state index is 9.82. The third-order valence-electron chi connectivity index (χ3n) is 1.93. The molecular weight excluding hydrogens is 304 g/mol. The standard InChI is InChI=1S/C5H12O5.C4H8O2.C3H8O3/c6-1-3(8)5(10)4(9)2-7;1-3-6-4(2)5;4-1-3(6)2-5/h3-10H,1-2H2;3H2,1-2H3;3-6H,1-2H2/t3-,4+,5?;;. The van der Waals surface area contributed by atoms with Crippen molar-refractivity contribution in [2.75, 3.05) is 33.0 Å². The van der Waals surface area contributed by atoms with Crippen LogP contribution in [-0.4, -0.2) is 104 Å². The first-order chi connectivity index (χ1) is 10.2. The zero-order valence-electron chi connectivity index (χ0n) is 12.7. The van der Waals surface area contributed by atoms with Gasteiger partial charge in [0.1, 0.15) is 24.4 Å². The molecule has 1 unspecified atom stereocenters. The topological polar surface area (TPSA) is 188 Å². The summed E-state index contributed by atoms with van der Waals surface area (Å²) in [6.45, 7) is 1.64. The SMILES string of the molecule is CCOC(C)=O.OCC(O)CO.OC[C@@H](O)C(O)[C@@H](O)CO. The van der Waals surface area contributed by atoms with Gasteiger partial charge in [-0.1, -0.05) is 0 Å². The first-order valence-electron chi connectivity index (χ1n) is 6.50. The normalized spacial score (nSPS) is 14.0. The summed E-state index contributed by atoms with van der Waals surface area (Å²) in [4.78, 5) is 9.82. The number of hydrogen-bond acceptors (Lipinski definition) is 10. The van der Waals surface area contributed by atoms with Gasteiger partial charge >= 0.3 is 5.97 Å². The number of ether oxygens (including phenoxy) is 1. The molecular formula is C12H28O10. The van der Waals surface area contributed by atoms with Gasteiger partial charge in [0, 0.05) is 6.92 Å². The van der Waals surface area contributed by atoms with Crippen molar-refractivity contribution in [2.24, 2.45) is 0 Å². The molecule has 0 aromatic rings. The van der Waals surface area contributed by atoms with Crippen LogP contribution in [0.5, 0.6) is 0 Å². The third-order valence-corrected chi connectivity index (χ3v) is 1.93. The first kappa shape index (κ1) is 26.1. The minimum Gasteiger partial charge on any atom is -0.466 e. The minimum absolute atomic E-state index is 0.211. The Morgan fingerprint density at radius 2 is 1.23 bits per heavy atom. The quantitative estimate of drug-likeness (QED) is 0.213. The summed E-state index contributed by atoms with van der Waals surface area (Å²) in [6, 6.07) is 0. The van der Waals surface area contributed by atoms with E-state index in [1.807, 2.05) is 0 Å². The molecule has 0 fully saturated rings. The van der Waals surface area contributed by atoms with Gasteiger partial charge in [-0.2, -0.15) is 0 Å². The molecule has 8 N–H and O–H groups in total. The van der Waals surface area contributed by atoms with Crippen molar-refractivity contribution in [1.82, 2.24) is 0 Å². The van der Waals surface area contributed by atoms with Gasteiger partial charge in [-0.25, -0.2) is 0 Å². The Labute approximate surface area is 128 Å². The number of esters is 1. The molecule has 0 radical (unpaired) electrons. The van der Waals surface area contributed by atoms with Crippen molar-refractivity contribution < 1.29 is 50.4 Å². The van der Waals surface area contributed by atoms with E-state index in [0.717, 1.165) is 0 Å². The van der Waals surface area contributed by atoms with Crippen molar-refractivity contribution in [3.05, 3.63) is 0 Å². The van der Waals surface area contributed by atoms with E-state index in [4.69, 9.17) is 40.9 Å². The number of aliphatic hydroxyl groups excluding tert-OH is 8. The molecule has 0 aliphatic carbocycles. The van der Waals surface area contributed by atoms with Crippen LogP contribution in [0.4, 0.5) is 0 Å². The van der Waals surface area contributed by atoms with E-state index < -0.39 is 37.6 Å². The van der Waals surface area contributed by atoms with Crippen LogP contribution in [0, 0.1) is 0 Å². The first-order valence-corrected chi connectivity index (χ1v) is 6.50. The summed E-state index contributed by atoms with van der Waals surface area (Å²) < 4.78 is 4.40. The molecule has 0 rings (SSSR count). The maximum absolute atomic E-state index is 9.82. The maximum Gasteiger partial charge on any atom is 0.302 e. The molecule has 10 nitrogen and oxygen atoms in total. The molecule has 136 valence electrons. The predicted molar refractivity (Wildman–Crippen MR) is 74.7 cm³/mol. The second kappa shape index (κ2) is 18.2. The van der Waals surface area contributed by atoms with Crippen molar-refractivity contribution in [3.8, 4) is 0 Å². The molecule has 0 aliphatic rings. The van der Waals surface area contributed by atoms with E-state index in [2.05, 4.69) is 4.74 Å². The molecule has 0 aromatic carbocycles. The van der Waals surface area contributed by atoms with Gasteiger partial charge in [0.15, 0.2) is 0 Å². The molecule has 10 heteroatoms. The van der Waals surface area contributed by atoms with Gasteiger partial charge < -0.3 is 45.6 Å². The summed E-state index contributed by atoms with van der Waals surface area (Å²) in [5.41, 5.74) is 0. The number of aliphatic hydroxyl groups is 8. The van der Waals surface area contributed by atoms with E-state index in [9.17, 15) is 4.79 Å². The van der Waals surface area contributed by atoms with Gasteiger partial charge in [0.25, 0.3) is 0 Å². The highest BCUT2D eigenvalue weighted by molar-refractivity contribution is 5.65. The van der Waals surface area contributed by atoms with Gasteiger partial charge in [-0.15, -0.1) is 0 Å². The largest absolute Gasteiger partial charge is 0.466 e. The Balaban J connectivity index is -0.000000261. The average molecular weight is 332 g/mol. The number of carbonyl (C=O) groups is 1. The molecule has 0 spiro atoms. The van der Waals surface area contributed by atoms with Crippen molar-refractivity contribution in [3.63, 3.8) is 0 Å². The van der Waals surface area contributed by atoms with Crippen LogP contribution in [0.25, 0.3) is 0 Å². The minimum atomic E-state index is -1.49. The number of rotatable bonds is 7. The second-order valence-corrected chi connectivity index (χ2v) is 3.93. The zero-order valence-corrected chi connectivity index (χ0v) is 12.7. The molecule has 0 aromatic heterocycles. The lowest BCUT2D eigenvalue weighted by molar-refractivity contribution is -0.140. The van der Waals surface area contributed by atoms with E-state index in [0.29, 0.717) is 6.61 Å². The summed E-state index contributed by atoms with van der Waals surface area (Å²) in [5.74, 6) is -0.211. The fourth-order valence-corrected chi connectivity index (χ4v) is 0.733. The molecule has 0 saturated carbocycles. The van der Waals surface area contributed by atoms with E-state index in [-0.39, 0.29) is 19.2 Å². The molecule has 0 saturated heterocycles. The molecule has 0 heterocycles. The van der Waals surface area contributed by atoms with Crippen LogP contribution in [0.1, 0.15) is 13.8 Å². The summed E-state index contributed by atoms with van der Waals surface area (Å²) in [7, 11) is 0. The van der Waals surface area contributed by atoms with Gasteiger partial charge in [-0.05, 0) is 6.92 Å². The Morgan fingerprint density at radius 1 is 0.864 bits per heavy atom. The van der Waals surface area contributed by atoms with Crippen molar-refractivity contribution in [1.29, 1.82) is 0 Å². The third kappa shape index (κ3) is 19.1. The molecule has 0 amide bonds. The van der Waals surface area contributed by atoms with Gasteiger partial charge in [0.2, 0.25) is 0 Å². The Hall–Kier alpha value is -0.850. The smallest absolute Gasteiger partial charge is 0.302 e. The molecule has 0 aliphatic heterocycles. The molecule has 0 bridgehead atoms. The number of hydrogen-bond donors (Lipinski definition) is 8. The Morgan fingerprint density at radius 3 is 1.32 bits per heavy atom. The van der Waals surface area contributed by atoms with Gasteiger partial charge in [0.05, 0.1) is 33.0 Å². The monoisotopic (exact) mass is 332 g/mol. The van der Waals surface area contributed by atoms with Crippen molar-refractivity contribution in [2.45, 2.75) is 38.3 Å². The fourth-order valence-electron chi connectivity index (χ4n) is 0.733. The van der Waals surface area contributed by atoms with E-state index in [1.54, 1.807) is 6.92 Å². The Bertz CT molecular complexity index is 224. The van der Waals surface area contributed by atoms with Crippen LogP contribution >= 0.6 is 0 Å². The molecule has 3 atom stereocenters. The summed E-state index contributed by atoms with van der Waals surface area (Å²) in [5, 5.41) is 66.6. The van der Waals surface area contributed by atoms with Crippen LogP contribution in [0.15, 0.2) is 0 Å². The number of carbonyl (C=O) groups excluding carboxylic acids is 1. The lowest BCUT2D eigenvalue weighted by atomic mass is 10.1. The lowest BCUT2D eigenvalue weighted by Gasteiger charge is -2.19. The highest BCUT2D eigenvalue weighted by atomic mass is 16.5. The lowest BCUT2D eigenvalue weighted by Crippen LogP contribution is -2.41. The fraction of sp³-hybridized carbons (Fsp3) is 0.917. The van der Waals surface area contributed by atoms with Crippen LogP contribution < -0.4 is 0 Å². The van der Waals surface area contributed by atoms with Gasteiger partial charge in [-0.3, -0.25) is 4.79 Å². The Kier molecular flexibility index (Phi) is 21.6. The summed E-state index contributed by atoms with van der Waals surface area (Å²) in [6.07, 6.45) is -5.25. The molecule has 22 heavy (non-hydrogen) atoms. The van der Waals surface area contributed by atoms with E-state index in [1.165, 1.54) is 6.92 Å². The highest BCUT2D eigenvalue weighted by Crippen LogP contribution is 1.98.